The van der Waals surface area contributed by atoms with Gasteiger partial charge in [-0.3, -0.25) is 0 Å². The van der Waals surface area contributed by atoms with Crippen molar-refractivity contribution >= 4 is 21.4 Å². The topological polar surface area (TPSA) is 21.3 Å². The van der Waals surface area contributed by atoms with Crippen molar-refractivity contribution in [3.63, 3.8) is 0 Å². The third kappa shape index (κ3) is 2.51. The molecular weight excluding hydrogens is 230 g/mol. The normalized spacial score (nSPS) is 20.8. The Hall–Kier alpha value is -0.900. The van der Waals surface area contributed by atoms with E-state index in [4.69, 9.17) is 4.74 Å². The van der Waals surface area contributed by atoms with Gasteiger partial charge in [-0.05, 0) is 41.8 Å². The molecule has 0 spiro atoms. The summed E-state index contributed by atoms with van der Waals surface area (Å²) in [7, 11) is 0. The fourth-order valence-electron chi connectivity index (χ4n) is 2.31. The fraction of sp³-hybridized carbons (Fsp3) is 0.429. The number of fused-ring (bicyclic) bond motifs is 1. The molecule has 17 heavy (non-hydrogen) atoms. The Morgan fingerprint density at radius 3 is 3.18 bits per heavy atom. The van der Waals surface area contributed by atoms with E-state index in [1.165, 1.54) is 28.5 Å². The van der Waals surface area contributed by atoms with Gasteiger partial charge in [0, 0.05) is 11.2 Å². The fourth-order valence-corrected chi connectivity index (χ4v) is 3.26. The molecule has 0 amide bonds. The summed E-state index contributed by atoms with van der Waals surface area (Å²) in [5, 5.41) is 6.95. The van der Waals surface area contributed by atoms with E-state index < -0.39 is 0 Å². The molecule has 3 heteroatoms. The summed E-state index contributed by atoms with van der Waals surface area (Å²) in [6.07, 6.45) is 2.81. The van der Waals surface area contributed by atoms with Crippen LogP contribution in [0.25, 0.3) is 10.1 Å². The van der Waals surface area contributed by atoms with Gasteiger partial charge in [0.2, 0.25) is 0 Å². The Bertz CT molecular complexity index is 488. The third-order valence-electron chi connectivity index (χ3n) is 3.29. The number of piperidine rings is 1. The Morgan fingerprint density at radius 2 is 2.29 bits per heavy atom. The van der Waals surface area contributed by atoms with E-state index >= 15 is 0 Å². The zero-order valence-electron chi connectivity index (χ0n) is 9.82. The van der Waals surface area contributed by atoms with Crippen LogP contribution in [0, 0.1) is 0 Å². The SMILES string of the molecule is c1ccc2c(COC3CCCNC3)csc2c1. The summed E-state index contributed by atoms with van der Waals surface area (Å²) in [4.78, 5) is 0. The number of thiophene rings is 1. The lowest BCUT2D eigenvalue weighted by Crippen LogP contribution is -2.35. The van der Waals surface area contributed by atoms with Crippen LogP contribution in [0.15, 0.2) is 29.6 Å². The highest BCUT2D eigenvalue weighted by Gasteiger charge is 2.13. The summed E-state index contributed by atoms with van der Waals surface area (Å²) in [5.74, 6) is 0. The van der Waals surface area contributed by atoms with Gasteiger partial charge in [0.25, 0.3) is 0 Å². The molecule has 0 bridgehead atoms. The molecule has 1 saturated heterocycles. The summed E-state index contributed by atoms with van der Waals surface area (Å²) in [6, 6.07) is 8.55. The quantitative estimate of drug-likeness (QED) is 0.899. The van der Waals surface area contributed by atoms with E-state index in [-0.39, 0.29) is 0 Å². The lowest BCUT2D eigenvalue weighted by molar-refractivity contribution is 0.0260. The zero-order chi connectivity index (χ0) is 11.5. The van der Waals surface area contributed by atoms with Crippen LogP contribution in [0.3, 0.4) is 0 Å². The predicted molar refractivity (Wildman–Crippen MR) is 72.5 cm³/mol. The van der Waals surface area contributed by atoms with Crippen molar-refractivity contribution in [2.24, 2.45) is 0 Å². The monoisotopic (exact) mass is 247 g/mol. The van der Waals surface area contributed by atoms with Crippen molar-refractivity contribution < 1.29 is 4.74 Å². The van der Waals surface area contributed by atoms with E-state index in [2.05, 4.69) is 35.0 Å². The van der Waals surface area contributed by atoms with E-state index in [1.54, 1.807) is 11.3 Å². The largest absolute Gasteiger partial charge is 0.372 e. The van der Waals surface area contributed by atoms with Gasteiger partial charge in [0.05, 0.1) is 12.7 Å². The van der Waals surface area contributed by atoms with Crippen LogP contribution in [0.1, 0.15) is 18.4 Å². The van der Waals surface area contributed by atoms with Crippen LogP contribution in [0.5, 0.6) is 0 Å². The van der Waals surface area contributed by atoms with Gasteiger partial charge in [-0.25, -0.2) is 0 Å². The van der Waals surface area contributed by atoms with Crippen LogP contribution < -0.4 is 5.32 Å². The van der Waals surface area contributed by atoms with Gasteiger partial charge < -0.3 is 10.1 Å². The maximum atomic E-state index is 5.98. The Balaban J connectivity index is 1.68. The van der Waals surface area contributed by atoms with Crippen LogP contribution in [0.4, 0.5) is 0 Å². The van der Waals surface area contributed by atoms with E-state index in [1.807, 2.05) is 0 Å². The first-order valence-electron chi connectivity index (χ1n) is 6.21. The highest BCUT2D eigenvalue weighted by molar-refractivity contribution is 7.17. The number of hydrogen-bond donors (Lipinski definition) is 1. The van der Waals surface area contributed by atoms with E-state index in [0.29, 0.717) is 6.10 Å². The molecule has 1 aromatic carbocycles. The number of ether oxygens (including phenoxy) is 1. The average Bonchev–Trinajstić information content (AvgIpc) is 2.81. The first-order chi connectivity index (χ1) is 8.43. The van der Waals surface area contributed by atoms with Gasteiger partial charge in [-0.15, -0.1) is 11.3 Å². The van der Waals surface area contributed by atoms with Gasteiger partial charge in [-0.1, -0.05) is 18.2 Å². The highest BCUT2D eigenvalue weighted by Crippen LogP contribution is 2.26. The molecule has 0 aliphatic carbocycles. The molecule has 0 saturated carbocycles. The number of rotatable bonds is 3. The Morgan fingerprint density at radius 1 is 1.35 bits per heavy atom. The van der Waals surface area contributed by atoms with Crippen molar-refractivity contribution in [3.8, 4) is 0 Å². The molecule has 1 atom stereocenters. The zero-order valence-corrected chi connectivity index (χ0v) is 10.6. The summed E-state index contributed by atoms with van der Waals surface area (Å²) in [5.41, 5.74) is 1.33. The van der Waals surface area contributed by atoms with Crippen LogP contribution in [0.2, 0.25) is 0 Å². The van der Waals surface area contributed by atoms with E-state index in [0.717, 1.165) is 19.7 Å². The molecule has 2 nitrogen and oxygen atoms in total. The summed E-state index contributed by atoms with van der Waals surface area (Å²) < 4.78 is 7.33. The Kier molecular flexibility index (Phi) is 3.41. The average molecular weight is 247 g/mol. The molecule has 1 aliphatic heterocycles. The smallest absolute Gasteiger partial charge is 0.0735 e. The second-order valence-corrected chi connectivity index (χ2v) is 5.45. The van der Waals surface area contributed by atoms with Gasteiger partial charge in [-0.2, -0.15) is 0 Å². The molecule has 0 radical (unpaired) electrons. The lowest BCUT2D eigenvalue weighted by Gasteiger charge is -2.22. The van der Waals surface area contributed by atoms with Crippen molar-refractivity contribution in [3.05, 3.63) is 35.2 Å². The number of hydrogen-bond acceptors (Lipinski definition) is 3. The van der Waals surface area contributed by atoms with Crippen LogP contribution in [-0.2, 0) is 11.3 Å². The molecule has 1 aliphatic rings. The minimum atomic E-state index is 0.391. The molecule has 1 N–H and O–H groups in total. The molecule has 2 heterocycles. The van der Waals surface area contributed by atoms with E-state index in [9.17, 15) is 0 Å². The van der Waals surface area contributed by atoms with Crippen molar-refractivity contribution in [2.45, 2.75) is 25.6 Å². The molecule has 1 fully saturated rings. The Labute approximate surface area is 106 Å². The van der Waals surface area contributed by atoms with Gasteiger partial charge in [0.15, 0.2) is 0 Å². The third-order valence-corrected chi connectivity index (χ3v) is 4.30. The van der Waals surface area contributed by atoms with Crippen LogP contribution in [-0.4, -0.2) is 19.2 Å². The number of nitrogens with one attached hydrogen (secondary N) is 1. The maximum absolute atomic E-state index is 5.98. The molecular formula is C14H17NOS. The molecule has 2 aromatic rings. The minimum absolute atomic E-state index is 0.391. The molecule has 1 aromatic heterocycles. The lowest BCUT2D eigenvalue weighted by atomic mass is 10.1. The predicted octanol–water partition coefficient (Wildman–Crippen LogP) is 3.17. The second-order valence-electron chi connectivity index (χ2n) is 4.54. The van der Waals surface area contributed by atoms with Crippen molar-refractivity contribution in [2.75, 3.05) is 13.1 Å². The first-order valence-corrected chi connectivity index (χ1v) is 7.09. The minimum Gasteiger partial charge on any atom is -0.372 e. The number of benzene rings is 1. The molecule has 3 rings (SSSR count). The first kappa shape index (κ1) is 11.2. The van der Waals surface area contributed by atoms with Gasteiger partial charge >= 0.3 is 0 Å². The second kappa shape index (κ2) is 5.17. The summed E-state index contributed by atoms with van der Waals surface area (Å²) >= 11 is 1.80. The molecule has 90 valence electrons. The van der Waals surface area contributed by atoms with Gasteiger partial charge in [0.1, 0.15) is 0 Å². The molecule has 1 unspecified atom stereocenters. The van der Waals surface area contributed by atoms with Crippen LogP contribution >= 0.6 is 11.3 Å². The standard InChI is InChI=1S/C14H17NOS/c1-2-6-14-13(5-1)11(10-17-14)9-16-12-4-3-7-15-8-12/h1-2,5-6,10,12,15H,3-4,7-9H2. The van der Waals surface area contributed by atoms with Crippen molar-refractivity contribution in [1.82, 2.24) is 5.32 Å². The summed E-state index contributed by atoms with van der Waals surface area (Å²) in [6.45, 7) is 2.89. The maximum Gasteiger partial charge on any atom is 0.0735 e. The highest BCUT2D eigenvalue weighted by atomic mass is 32.1. The van der Waals surface area contributed by atoms with Crippen molar-refractivity contribution in [1.29, 1.82) is 0 Å².